The molecule has 1 N–H and O–H groups in total. The van der Waals surface area contributed by atoms with Gasteiger partial charge in [0.2, 0.25) is 5.91 Å². The van der Waals surface area contributed by atoms with E-state index in [1.165, 1.54) is 70.6 Å². The summed E-state index contributed by atoms with van der Waals surface area (Å²) in [7, 11) is 0. The van der Waals surface area contributed by atoms with E-state index in [0.29, 0.717) is 17.7 Å². The van der Waals surface area contributed by atoms with Crippen molar-refractivity contribution in [2.75, 3.05) is 0 Å². The van der Waals surface area contributed by atoms with E-state index in [1.54, 1.807) is 54.7 Å². The fraction of sp³-hybridized carbons (Fsp3) is 0.500. The number of nitrogens with one attached hydrogen (secondary N) is 1. The highest BCUT2D eigenvalue weighted by Gasteiger charge is 2.08. The molecule has 0 aliphatic carbocycles. The van der Waals surface area contributed by atoms with Crippen LogP contribution in [0.3, 0.4) is 0 Å². The van der Waals surface area contributed by atoms with E-state index < -0.39 is 5.97 Å². The lowest BCUT2D eigenvalue weighted by Crippen LogP contribution is -2.16. The van der Waals surface area contributed by atoms with Gasteiger partial charge in [-0.15, -0.1) is 0 Å². The van der Waals surface area contributed by atoms with Gasteiger partial charge in [-0.2, -0.15) is 5.10 Å². The molecule has 1 amide bonds. The Kier molecular flexibility index (Phi) is 15.5. The zero-order valence-electron chi connectivity index (χ0n) is 21.6. The van der Waals surface area contributed by atoms with Crippen LogP contribution >= 0.6 is 15.9 Å². The molecule has 2 aromatic rings. The molecule has 0 aliphatic heterocycles. The van der Waals surface area contributed by atoms with Gasteiger partial charge in [-0.1, -0.05) is 99.9 Å². The van der Waals surface area contributed by atoms with E-state index in [2.05, 4.69) is 33.4 Å². The van der Waals surface area contributed by atoms with Crippen LogP contribution in [0.5, 0.6) is 5.75 Å². The lowest BCUT2D eigenvalue weighted by atomic mass is 10.0. The first kappa shape index (κ1) is 29.8. The smallest absolute Gasteiger partial charge is 0.343 e. The predicted octanol–water partition coefficient (Wildman–Crippen LogP) is 8.60. The lowest BCUT2D eigenvalue weighted by Gasteiger charge is -2.05. The second-order valence-electron chi connectivity index (χ2n) is 9.25. The quantitative estimate of drug-likeness (QED) is 0.0656. The van der Waals surface area contributed by atoms with E-state index in [1.807, 2.05) is 0 Å². The Balaban J connectivity index is 1.50. The van der Waals surface area contributed by atoms with E-state index in [0.717, 1.165) is 22.9 Å². The van der Waals surface area contributed by atoms with Crippen molar-refractivity contribution in [2.24, 2.45) is 5.10 Å². The summed E-state index contributed by atoms with van der Waals surface area (Å²) in [6, 6.07) is 14.0. The first-order chi connectivity index (χ1) is 17.6. The number of carbonyl (C=O) groups excluding carboxylic acids is 2. The molecular weight excluding hydrogens is 516 g/mol. The minimum atomic E-state index is -0.413. The number of benzene rings is 2. The van der Waals surface area contributed by atoms with Crippen molar-refractivity contribution in [3.63, 3.8) is 0 Å². The summed E-state index contributed by atoms with van der Waals surface area (Å²) in [5, 5.41) is 4.03. The monoisotopic (exact) mass is 556 g/mol. The van der Waals surface area contributed by atoms with Crippen LogP contribution in [0.2, 0.25) is 0 Å². The summed E-state index contributed by atoms with van der Waals surface area (Å²) in [5.74, 6) is -0.0229. The number of rotatable bonds is 18. The molecule has 0 spiro atoms. The van der Waals surface area contributed by atoms with Crippen molar-refractivity contribution in [1.29, 1.82) is 0 Å². The number of esters is 1. The molecule has 2 aromatic carbocycles. The van der Waals surface area contributed by atoms with Crippen LogP contribution in [0, 0.1) is 0 Å². The molecule has 6 heteroatoms. The molecule has 36 heavy (non-hydrogen) atoms. The second kappa shape index (κ2) is 18.8. The first-order valence-electron chi connectivity index (χ1n) is 13.5. The topological polar surface area (TPSA) is 67.8 Å². The summed E-state index contributed by atoms with van der Waals surface area (Å²) < 4.78 is 6.28. The highest BCUT2D eigenvalue weighted by atomic mass is 79.9. The predicted molar refractivity (Wildman–Crippen MR) is 152 cm³/mol. The number of unbranched alkanes of at least 4 members (excludes halogenated alkanes) is 12. The van der Waals surface area contributed by atoms with Crippen molar-refractivity contribution in [2.45, 2.75) is 96.8 Å². The highest BCUT2D eigenvalue weighted by Crippen LogP contribution is 2.16. The Morgan fingerprint density at radius 1 is 0.778 bits per heavy atom. The second-order valence-corrected chi connectivity index (χ2v) is 10.2. The molecule has 0 saturated carbocycles. The molecule has 0 aliphatic rings. The third kappa shape index (κ3) is 13.6. The van der Waals surface area contributed by atoms with Gasteiger partial charge in [0.1, 0.15) is 5.75 Å². The fourth-order valence-corrected chi connectivity index (χ4v) is 4.18. The number of ether oxygens (including phenoxy) is 1. The van der Waals surface area contributed by atoms with Crippen LogP contribution in [0.25, 0.3) is 0 Å². The number of carbonyl (C=O) groups is 2. The van der Waals surface area contributed by atoms with Gasteiger partial charge in [-0.05, 0) is 60.5 Å². The van der Waals surface area contributed by atoms with E-state index in [9.17, 15) is 9.59 Å². The van der Waals surface area contributed by atoms with Crippen molar-refractivity contribution in [3.8, 4) is 5.75 Å². The SMILES string of the molecule is CCCCCCCCCCCCCCCC(=O)NN=Cc1ccc(OC(=O)c2ccc(Br)cc2)cc1. The Morgan fingerprint density at radius 2 is 1.31 bits per heavy atom. The van der Waals surface area contributed by atoms with Crippen LogP contribution in [-0.2, 0) is 4.79 Å². The number of halogens is 1. The molecule has 0 bridgehead atoms. The zero-order chi connectivity index (χ0) is 25.8. The summed E-state index contributed by atoms with van der Waals surface area (Å²) in [6.07, 6.45) is 18.8. The molecule has 5 nitrogen and oxygen atoms in total. The van der Waals surface area contributed by atoms with Gasteiger partial charge in [-0.25, -0.2) is 10.2 Å². The average molecular weight is 558 g/mol. The maximum absolute atomic E-state index is 12.2. The van der Waals surface area contributed by atoms with Crippen molar-refractivity contribution < 1.29 is 14.3 Å². The first-order valence-corrected chi connectivity index (χ1v) is 14.3. The molecule has 0 heterocycles. The molecule has 196 valence electrons. The van der Waals surface area contributed by atoms with Crippen molar-refractivity contribution in [1.82, 2.24) is 5.43 Å². The molecule has 2 rings (SSSR count). The Bertz CT molecular complexity index is 911. The zero-order valence-corrected chi connectivity index (χ0v) is 23.2. The van der Waals surface area contributed by atoms with Crippen molar-refractivity contribution >= 4 is 34.0 Å². The number of amides is 1. The van der Waals surface area contributed by atoms with E-state index >= 15 is 0 Å². The summed E-state index contributed by atoms with van der Waals surface area (Å²) in [6.45, 7) is 2.26. The van der Waals surface area contributed by atoms with Gasteiger partial charge < -0.3 is 4.74 Å². The average Bonchev–Trinajstić information content (AvgIpc) is 2.88. The minimum absolute atomic E-state index is 0.0608. The van der Waals surface area contributed by atoms with Gasteiger partial charge in [0.15, 0.2) is 0 Å². The van der Waals surface area contributed by atoms with Crippen LogP contribution < -0.4 is 10.2 Å². The number of hydrogen-bond donors (Lipinski definition) is 1. The fourth-order valence-electron chi connectivity index (χ4n) is 3.91. The van der Waals surface area contributed by atoms with Crippen LogP contribution in [0.15, 0.2) is 58.1 Å². The van der Waals surface area contributed by atoms with Crippen LogP contribution in [0.4, 0.5) is 0 Å². The summed E-state index contributed by atoms with van der Waals surface area (Å²) >= 11 is 3.34. The van der Waals surface area contributed by atoms with Crippen LogP contribution in [0.1, 0.15) is 113 Å². The molecule has 0 aromatic heterocycles. The molecular formula is C30H41BrN2O3. The number of nitrogens with zero attached hydrogens (tertiary/aromatic N) is 1. The summed E-state index contributed by atoms with van der Waals surface area (Å²) in [4.78, 5) is 24.2. The third-order valence-electron chi connectivity index (χ3n) is 6.08. The molecule has 0 radical (unpaired) electrons. The molecule has 0 fully saturated rings. The molecule has 0 unspecified atom stereocenters. The maximum Gasteiger partial charge on any atom is 0.343 e. The molecule has 0 atom stereocenters. The van der Waals surface area contributed by atoms with Gasteiger partial charge in [0.25, 0.3) is 0 Å². The Hall–Kier alpha value is -2.47. The van der Waals surface area contributed by atoms with Gasteiger partial charge in [0, 0.05) is 10.9 Å². The third-order valence-corrected chi connectivity index (χ3v) is 6.61. The standard InChI is InChI=1S/C30H41BrN2O3/c1-2-3-4-5-6-7-8-9-10-11-12-13-14-15-29(34)33-32-24-25-16-22-28(23-17-25)36-30(35)26-18-20-27(31)21-19-26/h16-24H,2-15H2,1H3,(H,33,34). The number of hydrazone groups is 1. The van der Waals surface area contributed by atoms with Gasteiger partial charge >= 0.3 is 5.97 Å². The van der Waals surface area contributed by atoms with E-state index in [-0.39, 0.29) is 5.91 Å². The normalized spacial score (nSPS) is 11.1. The van der Waals surface area contributed by atoms with Crippen LogP contribution in [-0.4, -0.2) is 18.1 Å². The Morgan fingerprint density at radius 3 is 1.86 bits per heavy atom. The summed E-state index contributed by atoms with van der Waals surface area (Å²) in [5.41, 5.74) is 3.88. The largest absolute Gasteiger partial charge is 0.423 e. The number of hydrogen-bond acceptors (Lipinski definition) is 4. The highest BCUT2D eigenvalue weighted by molar-refractivity contribution is 9.10. The van der Waals surface area contributed by atoms with Gasteiger partial charge in [0.05, 0.1) is 11.8 Å². The van der Waals surface area contributed by atoms with Crippen molar-refractivity contribution in [3.05, 3.63) is 64.1 Å². The van der Waals surface area contributed by atoms with E-state index in [4.69, 9.17) is 4.74 Å². The minimum Gasteiger partial charge on any atom is -0.423 e. The van der Waals surface area contributed by atoms with Gasteiger partial charge in [-0.3, -0.25) is 4.79 Å². The molecule has 0 saturated heterocycles. The Labute approximate surface area is 225 Å². The lowest BCUT2D eigenvalue weighted by molar-refractivity contribution is -0.121. The maximum atomic E-state index is 12.2.